The van der Waals surface area contributed by atoms with Gasteiger partial charge in [-0.2, -0.15) is 0 Å². The van der Waals surface area contributed by atoms with Crippen molar-refractivity contribution in [1.82, 2.24) is 4.57 Å². The number of hydrogen-bond donors (Lipinski definition) is 0. The highest BCUT2D eigenvalue weighted by Crippen LogP contribution is 2.18. The van der Waals surface area contributed by atoms with Gasteiger partial charge in [0.25, 0.3) is 0 Å². The van der Waals surface area contributed by atoms with E-state index in [1.54, 1.807) is 4.57 Å². The standard InChI is InChI=1S/C10H11NOS/c1-3-11-8-5-4-7(2)6-9(8)13-10(11)12/h4-6H,3H2,1-2H3. The van der Waals surface area contributed by atoms with Crippen molar-refractivity contribution in [3.63, 3.8) is 0 Å². The van der Waals surface area contributed by atoms with Gasteiger partial charge in [-0.3, -0.25) is 9.36 Å². The Morgan fingerprint density at radius 3 is 2.92 bits per heavy atom. The summed E-state index contributed by atoms with van der Waals surface area (Å²) in [6.07, 6.45) is 0. The summed E-state index contributed by atoms with van der Waals surface area (Å²) in [7, 11) is 0. The van der Waals surface area contributed by atoms with Crippen molar-refractivity contribution in [3.8, 4) is 0 Å². The summed E-state index contributed by atoms with van der Waals surface area (Å²) in [5.41, 5.74) is 2.26. The molecule has 0 unspecified atom stereocenters. The zero-order chi connectivity index (χ0) is 9.42. The van der Waals surface area contributed by atoms with E-state index in [2.05, 4.69) is 6.07 Å². The average molecular weight is 193 g/mol. The van der Waals surface area contributed by atoms with Crippen LogP contribution in [0.25, 0.3) is 10.2 Å². The maximum atomic E-state index is 11.5. The molecule has 0 amide bonds. The predicted octanol–water partition coefficient (Wildman–Crippen LogP) is 2.39. The summed E-state index contributed by atoms with van der Waals surface area (Å²) in [6.45, 7) is 4.79. The summed E-state index contributed by atoms with van der Waals surface area (Å²) in [4.78, 5) is 11.6. The van der Waals surface area contributed by atoms with Gasteiger partial charge in [0, 0.05) is 6.54 Å². The molecule has 2 aromatic rings. The second kappa shape index (κ2) is 3.00. The van der Waals surface area contributed by atoms with Crippen LogP contribution in [0.2, 0.25) is 0 Å². The third kappa shape index (κ3) is 1.29. The van der Waals surface area contributed by atoms with Crippen molar-refractivity contribution >= 4 is 21.6 Å². The fourth-order valence-corrected chi connectivity index (χ4v) is 2.53. The fraction of sp³-hybridized carbons (Fsp3) is 0.300. The summed E-state index contributed by atoms with van der Waals surface area (Å²) in [5.74, 6) is 0. The lowest BCUT2D eigenvalue weighted by molar-refractivity contribution is 0.778. The monoisotopic (exact) mass is 193 g/mol. The normalized spacial score (nSPS) is 10.9. The van der Waals surface area contributed by atoms with Gasteiger partial charge in [0.2, 0.25) is 0 Å². The second-order valence-electron chi connectivity index (χ2n) is 3.08. The minimum absolute atomic E-state index is 0.142. The molecule has 1 heterocycles. The maximum Gasteiger partial charge on any atom is 0.308 e. The second-order valence-corrected chi connectivity index (χ2v) is 4.08. The van der Waals surface area contributed by atoms with Gasteiger partial charge >= 0.3 is 4.87 Å². The molecule has 0 spiro atoms. The maximum absolute atomic E-state index is 11.5. The molecular formula is C10H11NOS. The Bertz CT molecular complexity index is 495. The van der Waals surface area contributed by atoms with Crippen LogP contribution in [0.15, 0.2) is 23.0 Å². The van der Waals surface area contributed by atoms with Crippen LogP contribution in [0.3, 0.4) is 0 Å². The molecule has 2 nitrogen and oxygen atoms in total. The molecule has 0 saturated heterocycles. The van der Waals surface area contributed by atoms with Gasteiger partial charge in [0.15, 0.2) is 0 Å². The third-order valence-electron chi connectivity index (χ3n) is 2.14. The van der Waals surface area contributed by atoms with E-state index in [0.29, 0.717) is 0 Å². The number of rotatable bonds is 1. The first-order valence-electron chi connectivity index (χ1n) is 4.32. The quantitative estimate of drug-likeness (QED) is 0.681. The number of aryl methyl sites for hydroxylation is 2. The Balaban J connectivity index is 2.87. The number of fused-ring (bicyclic) bond motifs is 1. The van der Waals surface area contributed by atoms with E-state index in [0.717, 1.165) is 16.8 Å². The topological polar surface area (TPSA) is 22.0 Å². The summed E-state index contributed by atoms with van der Waals surface area (Å²) >= 11 is 1.32. The number of nitrogens with zero attached hydrogens (tertiary/aromatic N) is 1. The molecule has 1 aromatic carbocycles. The van der Waals surface area contributed by atoms with Crippen LogP contribution in [0.4, 0.5) is 0 Å². The van der Waals surface area contributed by atoms with Gasteiger partial charge in [0.1, 0.15) is 0 Å². The Morgan fingerprint density at radius 1 is 1.46 bits per heavy atom. The Labute approximate surface area is 80.4 Å². The first kappa shape index (κ1) is 8.51. The molecule has 0 saturated carbocycles. The van der Waals surface area contributed by atoms with Crippen LogP contribution >= 0.6 is 11.3 Å². The lowest BCUT2D eigenvalue weighted by Gasteiger charge is -1.97. The molecule has 0 bridgehead atoms. The van der Waals surface area contributed by atoms with Crippen LogP contribution in [0, 0.1) is 6.92 Å². The first-order chi connectivity index (χ1) is 6.22. The zero-order valence-electron chi connectivity index (χ0n) is 7.70. The molecule has 13 heavy (non-hydrogen) atoms. The minimum atomic E-state index is 0.142. The van der Waals surface area contributed by atoms with E-state index >= 15 is 0 Å². The van der Waals surface area contributed by atoms with E-state index in [1.807, 2.05) is 26.0 Å². The molecule has 0 N–H and O–H groups in total. The van der Waals surface area contributed by atoms with Crippen molar-refractivity contribution in [2.45, 2.75) is 20.4 Å². The van der Waals surface area contributed by atoms with E-state index in [4.69, 9.17) is 0 Å². The highest BCUT2D eigenvalue weighted by atomic mass is 32.1. The summed E-state index contributed by atoms with van der Waals surface area (Å²) in [6, 6.07) is 6.13. The number of thiazole rings is 1. The summed E-state index contributed by atoms with van der Waals surface area (Å²) in [5, 5.41) is 0. The summed E-state index contributed by atoms with van der Waals surface area (Å²) < 4.78 is 2.89. The molecule has 0 aliphatic carbocycles. The molecule has 3 heteroatoms. The van der Waals surface area contributed by atoms with E-state index in [-0.39, 0.29) is 4.87 Å². The van der Waals surface area contributed by atoms with E-state index in [9.17, 15) is 4.79 Å². The Kier molecular flexibility index (Phi) is 1.96. The van der Waals surface area contributed by atoms with Gasteiger partial charge in [0.05, 0.1) is 10.2 Å². The van der Waals surface area contributed by atoms with E-state index < -0.39 is 0 Å². The molecule has 2 rings (SSSR count). The number of benzene rings is 1. The third-order valence-corrected chi connectivity index (χ3v) is 3.08. The largest absolute Gasteiger partial charge is 0.308 e. The van der Waals surface area contributed by atoms with Crippen molar-refractivity contribution in [1.29, 1.82) is 0 Å². The highest BCUT2D eigenvalue weighted by molar-refractivity contribution is 7.16. The van der Waals surface area contributed by atoms with Crippen molar-refractivity contribution < 1.29 is 0 Å². The van der Waals surface area contributed by atoms with Crippen LogP contribution < -0.4 is 4.87 Å². The number of hydrogen-bond acceptors (Lipinski definition) is 2. The minimum Gasteiger partial charge on any atom is -0.299 e. The van der Waals surface area contributed by atoms with Crippen molar-refractivity contribution in [2.24, 2.45) is 0 Å². The molecule has 0 aliphatic rings. The molecule has 0 aliphatic heterocycles. The highest BCUT2D eigenvalue weighted by Gasteiger charge is 2.04. The van der Waals surface area contributed by atoms with Gasteiger partial charge in [-0.1, -0.05) is 17.4 Å². The molecule has 0 atom stereocenters. The molecule has 1 aromatic heterocycles. The lowest BCUT2D eigenvalue weighted by Crippen LogP contribution is -2.10. The van der Waals surface area contributed by atoms with Gasteiger partial charge in [-0.05, 0) is 31.5 Å². The molecule has 0 fully saturated rings. The zero-order valence-corrected chi connectivity index (χ0v) is 8.52. The van der Waals surface area contributed by atoms with Gasteiger partial charge in [-0.25, -0.2) is 0 Å². The Morgan fingerprint density at radius 2 is 2.23 bits per heavy atom. The smallest absolute Gasteiger partial charge is 0.299 e. The van der Waals surface area contributed by atoms with Crippen molar-refractivity contribution in [3.05, 3.63) is 33.4 Å². The Hall–Kier alpha value is -1.09. The molecule has 0 radical (unpaired) electrons. The van der Waals surface area contributed by atoms with E-state index in [1.165, 1.54) is 16.9 Å². The fourth-order valence-electron chi connectivity index (χ4n) is 1.47. The van der Waals surface area contributed by atoms with Crippen LogP contribution in [0.5, 0.6) is 0 Å². The predicted molar refractivity (Wildman–Crippen MR) is 56.5 cm³/mol. The number of aromatic nitrogens is 1. The van der Waals surface area contributed by atoms with Crippen LogP contribution in [-0.4, -0.2) is 4.57 Å². The molecular weight excluding hydrogens is 182 g/mol. The van der Waals surface area contributed by atoms with Crippen LogP contribution in [-0.2, 0) is 6.54 Å². The van der Waals surface area contributed by atoms with Crippen molar-refractivity contribution in [2.75, 3.05) is 0 Å². The molecule has 68 valence electrons. The van der Waals surface area contributed by atoms with Gasteiger partial charge < -0.3 is 0 Å². The van der Waals surface area contributed by atoms with Crippen LogP contribution in [0.1, 0.15) is 12.5 Å². The average Bonchev–Trinajstić information content (AvgIpc) is 2.39. The SMILES string of the molecule is CCn1c(=O)sc2cc(C)ccc21. The van der Waals surface area contributed by atoms with Gasteiger partial charge in [-0.15, -0.1) is 0 Å². The lowest BCUT2D eigenvalue weighted by atomic mass is 10.2. The first-order valence-corrected chi connectivity index (χ1v) is 5.14.